The van der Waals surface area contributed by atoms with E-state index in [1.54, 1.807) is 23.9 Å². The maximum atomic E-state index is 11.3. The molecule has 0 amide bonds. The summed E-state index contributed by atoms with van der Waals surface area (Å²) >= 11 is 1.62. The van der Waals surface area contributed by atoms with Crippen LogP contribution in [0.25, 0.3) is 0 Å². The van der Waals surface area contributed by atoms with Crippen LogP contribution in [0.4, 0.5) is 0 Å². The monoisotopic (exact) mass is 276 g/mol. The number of pyridine rings is 1. The molecule has 0 atom stereocenters. The molecule has 0 aromatic carbocycles. The highest BCUT2D eigenvalue weighted by Gasteiger charge is 2.44. The lowest BCUT2D eigenvalue weighted by Gasteiger charge is -2.12. The first kappa shape index (κ1) is 13.9. The molecule has 1 aromatic rings. The third kappa shape index (κ3) is 3.71. The largest absolute Gasteiger partial charge is 0.469 e. The molecule has 1 saturated carbocycles. The summed E-state index contributed by atoms with van der Waals surface area (Å²) in [6, 6.07) is 5.70. The minimum Gasteiger partial charge on any atom is -0.469 e. The lowest BCUT2D eigenvalue weighted by Crippen LogP contribution is -2.13. The normalized spacial score (nSPS) is 15.6. The van der Waals surface area contributed by atoms with Gasteiger partial charge in [0.2, 0.25) is 0 Å². The van der Waals surface area contributed by atoms with Gasteiger partial charge in [-0.3, -0.25) is 4.79 Å². The Morgan fingerprint density at radius 3 is 2.89 bits per heavy atom. The zero-order valence-corrected chi connectivity index (χ0v) is 11.9. The lowest BCUT2D eigenvalue weighted by molar-refractivity contribution is -0.141. The van der Waals surface area contributed by atoms with Gasteiger partial charge in [-0.25, -0.2) is 4.98 Å². The van der Waals surface area contributed by atoms with E-state index >= 15 is 0 Å². The van der Waals surface area contributed by atoms with E-state index < -0.39 is 0 Å². The second-order valence-electron chi connectivity index (χ2n) is 4.99. The highest BCUT2D eigenvalue weighted by molar-refractivity contribution is 7.99. The Labute approximate surface area is 117 Å². The molecule has 100 valence electrons. The molecule has 4 nitrogen and oxygen atoms in total. The Hall–Kier alpha value is -1.54. The Bertz CT molecular complexity index is 533. The average Bonchev–Trinajstić information content (AvgIpc) is 3.16. The van der Waals surface area contributed by atoms with Crippen LogP contribution in [0.1, 0.15) is 30.5 Å². The molecule has 2 rings (SSSR count). The van der Waals surface area contributed by atoms with Gasteiger partial charge in [-0.1, -0.05) is 0 Å². The number of aromatic nitrogens is 1. The summed E-state index contributed by atoms with van der Waals surface area (Å²) in [7, 11) is 1.42. The highest BCUT2D eigenvalue weighted by Crippen LogP contribution is 2.52. The Morgan fingerprint density at radius 1 is 1.58 bits per heavy atom. The molecule has 19 heavy (non-hydrogen) atoms. The van der Waals surface area contributed by atoms with Crippen molar-refractivity contribution in [2.45, 2.75) is 31.2 Å². The number of carbonyl (C=O) groups is 1. The number of hydrogen-bond acceptors (Lipinski definition) is 5. The fourth-order valence-electron chi connectivity index (χ4n) is 1.93. The smallest absolute Gasteiger partial charge is 0.306 e. The standard InChI is InChI=1S/C14H16N2O2S/c1-10-5-11(8-15)6-12(16-10)19-9-14(3-4-14)7-13(17)18-2/h5-6H,3-4,7,9H2,1-2H3. The van der Waals surface area contributed by atoms with Crippen molar-refractivity contribution in [3.63, 3.8) is 0 Å². The number of nitrogens with zero attached hydrogens (tertiary/aromatic N) is 2. The van der Waals surface area contributed by atoms with Gasteiger partial charge in [0.25, 0.3) is 0 Å². The predicted octanol–water partition coefficient (Wildman–Crippen LogP) is 2.70. The van der Waals surface area contributed by atoms with Crippen molar-refractivity contribution in [2.75, 3.05) is 12.9 Å². The summed E-state index contributed by atoms with van der Waals surface area (Å²) in [5, 5.41) is 9.78. The second-order valence-corrected chi connectivity index (χ2v) is 5.98. The molecular formula is C14H16N2O2S. The van der Waals surface area contributed by atoms with Crippen molar-refractivity contribution < 1.29 is 9.53 Å². The maximum absolute atomic E-state index is 11.3. The molecule has 1 aliphatic carbocycles. The van der Waals surface area contributed by atoms with Crippen molar-refractivity contribution in [1.29, 1.82) is 5.26 Å². The first-order valence-corrected chi connectivity index (χ1v) is 7.14. The number of nitriles is 1. The Kier molecular flexibility index (Phi) is 4.11. The van der Waals surface area contributed by atoms with Gasteiger partial charge in [0.05, 0.1) is 30.2 Å². The quantitative estimate of drug-likeness (QED) is 0.611. The zero-order valence-electron chi connectivity index (χ0n) is 11.1. The van der Waals surface area contributed by atoms with Gasteiger partial charge in [0.1, 0.15) is 0 Å². The third-order valence-corrected chi connectivity index (χ3v) is 4.55. The summed E-state index contributed by atoms with van der Waals surface area (Å²) in [4.78, 5) is 15.8. The fourth-order valence-corrected chi connectivity index (χ4v) is 3.19. The van der Waals surface area contributed by atoms with E-state index in [2.05, 4.69) is 11.1 Å². The molecule has 1 aliphatic rings. The molecule has 1 aromatic heterocycles. The summed E-state index contributed by atoms with van der Waals surface area (Å²) in [6.45, 7) is 1.88. The third-order valence-electron chi connectivity index (χ3n) is 3.29. The number of rotatable bonds is 5. The first-order valence-electron chi connectivity index (χ1n) is 6.15. The van der Waals surface area contributed by atoms with Crippen molar-refractivity contribution >= 4 is 17.7 Å². The molecule has 0 aliphatic heterocycles. The number of thioether (sulfide) groups is 1. The Balaban J connectivity index is 1.98. The van der Waals surface area contributed by atoms with Crippen LogP contribution in [-0.2, 0) is 9.53 Å². The molecule has 0 unspecified atom stereocenters. The van der Waals surface area contributed by atoms with Crippen molar-refractivity contribution in [1.82, 2.24) is 4.98 Å². The average molecular weight is 276 g/mol. The lowest BCUT2D eigenvalue weighted by atomic mass is 10.1. The number of esters is 1. The van der Waals surface area contributed by atoms with Gasteiger partial charge in [0.15, 0.2) is 0 Å². The zero-order chi connectivity index (χ0) is 13.9. The van der Waals surface area contributed by atoms with E-state index in [-0.39, 0.29) is 11.4 Å². The maximum Gasteiger partial charge on any atom is 0.306 e. The van der Waals surface area contributed by atoms with Crippen molar-refractivity contribution in [3.8, 4) is 6.07 Å². The molecule has 0 spiro atoms. The molecule has 1 fully saturated rings. The summed E-state index contributed by atoms with van der Waals surface area (Å²) in [6.07, 6.45) is 2.60. The van der Waals surface area contributed by atoms with Crippen LogP contribution in [0.15, 0.2) is 17.2 Å². The predicted molar refractivity (Wildman–Crippen MR) is 72.7 cm³/mol. The fraction of sp³-hybridized carbons (Fsp3) is 0.500. The van der Waals surface area contributed by atoms with Crippen LogP contribution in [0, 0.1) is 23.7 Å². The van der Waals surface area contributed by atoms with Crippen LogP contribution in [-0.4, -0.2) is 23.8 Å². The van der Waals surface area contributed by atoms with Gasteiger partial charge < -0.3 is 4.74 Å². The summed E-state index contributed by atoms with van der Waals surface area (Å²) in [5.41, 5.74) is 1.56. The van der Waals surface area contributed by atoms with Crippen LogP contribution >= 0.6 is 11.8 Å². The molecular weight excluding hydrogens is 260 g/mol. The van der Waals surface area contributed by atoms with Gasteiger partial charge in [0, 0.05) is 11.4 Å². The molecule has 0 N–H and O–H groups in total. The SMILES string of the molecule is COC(=O)CC1(CSc2cc(C#N)cc(C)n2)CC1. The molecule has 0 saturated heterocycles. The number of ether oxygens (including phenoxy) is 1. The van der Waals surface area contributed by atoms with Crippen molar-refractivity contribution in [3.05, 3.63) is 23.4 Å². The van der Waals surface area contributed by atoms with E-state index in [0.717, 1.165) is 29.3 Å². The van der Waals surface area contributed by atoms with Crippen LogP contribution in [0.3, 0.4) is 0 Å². The minimum atomic E-state index is -0.145. The molecule has 1 heterocycles. The van der Waals surface area contributed by atoms with E-state index in [9.17, 15) is 4.79 Å². The number of methoxy groups -OCH3 is 1. The minimum absolute atomic E-state index is 0.0794. The van der Waals surface area contributed by atoms with Gasteiger partial charge in [-0.2, -0.15) is 5.26 Å². The number of carbonyl (C=O) groups excluding carboxylic acids is 1. The van der Waals surface area contributed by atoms with Crippen LogP contribution in [0.5, 0.6) is 0 Å². The highest BCUT2D eigenvalue weighted by atomic mass is 32.2. The number of aryl methyl sites for hydroxylation is 1. The Morgan fingerprint density at radius 2 is 2.32 bits per heavy atom. The summed E-state index contributed by atoms with van der Waals surface area (Å²) in [5.74, 6) is 0.705. The van der Waals surface area contributed by atoms with E-state index in [0.29, 0.717) is 12.0 Å². The van der Waals surface area contributed by atoms with Gasteiger partial charge in [-0.05, 0) is 37.3 Å². The van der Waals surface area contributed by atoms with Gasteiger partial charge >= 0.3 is 5.97 Å². The topological polar surface area (TPSA) is 63.0 Å². The summed E-state index contributed by atoms with van der Waals surface area (Å²) < 4.78 is 4.73. The second kappa shape index (κ2) is 5.62. The number of hydrogen-bond donors (Lipinski definition) is 0. The molecule has 0 radical (unpaired) electrons. The molecule has 5 heteroatoms. The molecule has 0 bridgehead atoms. The first-order chi connectivity index (χ1) is 9.07. The van der Waals surface area contributed by atoms with Crippen molar-refractivity contribution in [2.24, 2.45) is 5.41 Å². The van der Waals surface area contributed by atoms with E-state index in [1.807, 2.05) is 6.92 Å². The van der Waals surface area contributed by atoms with E-state index in [1.165, 1.54) is 7.11 Å². The van der Waals surface area contributed by atoms with Crippen LogP contribution in [0.2, 0.25) is 0 Å². The van der Waals surface area contributed by atoms with Crippen LogP contribution < -0.4 is 0 Å². The van der Waals surface area contributed by atoms with E-state index in [4.69, 9.17) is 10.00 Å². The van der Waals surface area contributed by atoms with Gasteiger partial charge in [-0.15, -0.1) is 11.8 Å².